The molecule has 2 heteroatoms. The maximum absolute atomic E-state index is 12.4. The molecule has 0 aromatic heterocycles. The second-order valence-corrected chi connectivity index (χ2v) is 6.97. The maximum Gasteiger partial charge on any atom is 2.00 e. The van der Waals surface area contributed by atoms with E-state index < -0.39 is 0 Å². The third kappa shape index (κ3) is 7.06. The average molecular weight is 376 g/mol. The molecule has 0 saturated heterocycles. The normalized spacial score (nSPS) is 24.3. The van der Waals surface area contributed by atoms with Crippen molar-refractivity contribution < 1.29 is 21.9 Å². The van der Waals surface area contributed by atoms with Crippen LogP contribution in [0, 0.1) is 69.6 Å². The molecule has 3 aliphatic rings. The Hall–Kier alpha value is -0.331. The largest absolute Gasteiger partial charge is 2.00 e. The van der Waals surface area contributed by atoms with Crippen LogP contribution < -0.4 is 0 Å². The predicted octanol–water partition coefficient (Wildman–Crippen LogP) is 5.45. The Labute approximate surface area is 166 Å². The molecule has 1 atom stereocenters. The van der Waals surface area contributed by atoms with Gasteiger partial charge in [-0.2, -0.15) is 0 Å². The first kappa shape index (κ1) is 22.7. The summed E-state index contributed by atoms with van der Waals surface area (Å²) in [4.78, 5) is 12.4. The molecule has 1 nitrogen and oxygen atoms in total. The molecule has 25 heavy (non-hydrogen) atoms. The molecular formula is C23H28FeO+2. The molecule has 0 spiro atoms. The van der Waals surface area contributed by atoms with Crippen LogP contribution in [-0.2, 0) is 21.9 Å². The van der Waals surface area contributed by atoms with Gasteiger partial charge in [0.25, 0.3) is 0 Å². The fourth-order valence-electron chi connectivity index (χ4n) is 3.15. The van der Waals surface area contributed by atoms with Crippen molar-refractivity contribution in [2.75, 3.05) is 0 Å². The predicted molar refractivity (Wildman–Crippen MR) is 101 cm³/mol. The minimum Gasteiger partial charge on any atom is -0.295 e. The molecule has 3 saturated carbocycles. The molecule has 0 aromatic rings. The Bertz CT molecular complexity index is 475. The van der Waals surface area contributed by atoms with Crippen LogP contribution in [0.5, 0.6) is 0 Å². The zero-order chi connectivity index (χ0) is 17.5. The van der Waals surface area contributed by atoms with Crippen molar-refractivity contribution in [2.24, 2.45) is 5.92 Å². The molecule has 10 radical (unpaired) electrons. The molecule has 0 amide bonds. The van der Waals surface area contributed by atoms with E-state index in [0.29, 0.717) is 18.1 Å². The van der Waals surface area contributed by atoms with Crippen molar-refractivity contribution in [1.82, 2.24) is 0 Å². The van der Waals surface area contributed by atoms with Gasteiger partial charge in [-0.05, 0) is 116 Å². The van der Waals surface area contributed by atoms with Crippen molar-refractivity contribution in [3.63, 3.8) is 0 Å². The number of carbonyl (C=O) groups is 1. The second kappa shape index (κ2) is 11.4. The summed E-state index contributed by atoms with van der Waals surface area (Å²) in [6.45, 7) is 8.43. The van der Waals surface area contributed by atoms with Crippen LogP contribution in [0.25, 0.3) is 0 Å². The summed E-state index contributed by atoms with van der Waals surface area (Å²) in [7, 11) is 0. The van der Waals surface area contributed by atoms with Gasteiger partial charge in [0, 0.05) is 6.42 Å². The molecule has 3 fully saturated rings. The minimum atomic E-state index is 0. The van der Waals surface area contributed by atoms with E-state index >= 15 is 0 Å². The second-order valence-electron chi connectivity index (χ2n) is 6.97. The zero-order valence-corrected chi connectivity index (χ0v) is 16.8. The van der Waals surface area contributed by atoms with Crippen LogP contribution in [0.3, 0.4) is 0 Å². The first-order valence-corrected chi connectivity index (χ1v) is 8.72. The maximum atomic E-state index is 12.4. The van der Waals surface area contributed by atoms with Gasteiger partial charge in [-0.15, -0.1) is 0 Å². The van der Waals surface area contributed by atoms with Gasteiger partial charge in [-0.25, -0.2) is 0 Å². The number of hydrogen-bond donors (Lipinski definition) is 0. The molecular weight excluding hydrogens is 348 g/mol. The number of ketones is 1. The molecule has 0 aromatic carbocycles. The summed E-state index contributed by atoms with van der Waals surface area (Å²) >= 11 is 0. The minimum absolute atomic E-state index is 0. The van der Waals surface area contributed by atoms with Crippen molar-refractivity contribution in [1.29, 1.82) is 0 Å². The van der Waals surface area contributed by atoms with Gasteiger partial charge < -0.3 is 0 Å². The first-order valence-electron chi connectivity index (χ1n) is 8.72. The van der Waals surface area contributed by atoms with Crippen LogP contribution in [-0.4, -0.2) is 5.78 Å². The summed E-state index contributed by atoms with van der Waals surface area (Å²) in [6.07, 6.45) is 20.9. The summed E-state index contributed by atoms with van der Waals surface area (Å²) in [6, 6.07) is 0. The van der Waals surface area contributed by atoms with E-state index in [1.165, 1.54) is 22.6 Å². The topological polar surface area (TPSA) is 17.1 Å². The summed E-state index contributed by atoms with van der Waals surface area (Å²) in [5, 5.41) is 0. The monoisotopic (exact) mass is 376 g/mol. The van der Waals surface area contributed by atoms with E-state index in [1.807, 2.05) is 32.1 Å². The number of rotatable bonds is 1. The van der Waals surface area contributed by atoms with Gasteiger partial charge in [-0.1, -0.05) is 16.7 Å². The third-order valence-corrected chi connectivity index (χ3v) is 4.68. The van der Waals surface area contributed by atoms with Crippen LogP contribution in [0.4, 0.5) is 0 Å². The van der Waals surface area contributed by atoms with Gasteiger partial charge in [0.1, 0.15) is 0 Å². The quantitative estimate of drug-likeness (QED) is 0.257. The Morgan fingerprint density at radius 2 is 1.32 bits per heavy atom. The van der Waals surface area contributed by atoms with Crippen LogP contribution in [0.1, 0.15) is 47.0 Å². The first-order chi connectivity index (χ1) is 11.5. The van der Waals surface area contributed by atoms with Crippen molar-refractivity contribution in [2.45, 2.75) is 47.0 Å². The Morgan fingerprint density at radius 1 is 0.800 bits per heavy atom. The zero-order valence-electron chi connectivity index (χ0n) is 15.7. The van der Waals surface area contributed by atoms with Gasteiger partial charge in [0.05, 0.1) is 0 Å². The molecule has 0 heterocycles. The van der Waals surface area contributed by atoms with E-state index in [0.717, 1.165) is 18.4 Å². The summed E-state index contributed by atoms with van der Waals surface area (Å²) in [5.41, 5.74) is 5.01. The Balaban J connectivity index is 0.000000448. The Kier molecular flexibility index (Phi) is 10.4. The third-order valence-electron chi connectivity index (χ3n) is 4.68. The molecule has 3 aliphatic carbocycles. The van der Waals surface area contributed by atoms with E-state index in [1.54, 1.807) is 0 Å². The Morgan fingerprint density at radius 3 is 1.76 bits per heavy atom. The SMILES string of the molecule is CC(C)=C1CC(=C(C)C)C(=O)CC([C]2[CH][CH][CH][CH]2)C1.[CH]1[CH][CH][CH][CH]1.[Fe+2]. The number of hydrogen-bond acceptors (Lipinski definition) is 1. The molecule has 132 valence electrons. The van der Waals surface area contributed by atoms with Crippen LogP contribution >= 0.6 is 0 Å². The van der Waals surface area contributed by atoms with E-state index in [-0.39, 0.29) is 17.1 Å². The molecule has 1 unspecified atom stereocenters. The summed E-state index contributed by atoms with van der Waals surface area (Å²) in [5.74, 6) is 1.99. The van der Waals surface area contributed by atoms with Crippen molar-refractivity contribution in [3.8, 4) is 0 Å². The molecule has 3 rings (SSSR count). The van der Waals surface area contributed by atoms with Crippen LogP contribution in [0.2, 0.25) is 0 Å². The fraction of sp³-hybridized carbons (Fsp3) is 0.348. The van der Waals surface area contributed by atoms with Crippen molar-refractivity contribution in [3.05, 3.63) is 86.0 Å². The van der Waals surface area contributed by atoms with E-state index in [4.69, 9.17) is 0 Å². The molecule has 0 bridgehead atoms. The van der Waals surface area contributed by atoms with Crippen molar-refractivity contribution >= 4 is 5.78 Å². The van der Waals surface area contributed by atoms with Gasteiger partial charge in [0.2, 0.25) is 0 Å². The summed E-state index contributed by atoms with van der Waals surface area (Å²) < 4.78 is 0. The van der Waals surface area contributed by atoms with Gasteiger partial charge in [-0.3, -0.25) is 4.79 Å². The number of Topliss-reactive ketones (excluding diaryl/α,β-unsaturated/α-hetero) is 1. The number of carbonyl (C=O) groups excluding carboxylic acids is 1. The fourth-order valence-corrected chi connectivity index (χ4v) is 3.15. The molecule has 0 N–H and O–H groups in total. The van der Waals surface area contributed by atoms with E-state index in [9.17, 15) is 4.79 Å². The van der Waals surface area contributed by atoms with Gasteiger partial charge >= 0.3 is 17.1 Å². The standard InChI is InChI=1S/C18H23O.C5H5.Fe/c1-12(2)15-9-16(14-7-5-6-8-14)11-18(19)17(10-15)13(3)4;1-2-4-5-3-1;/h5-8,16H,9-11H2,1-4H3;1-5H;/q;;+2. The average Bonchev–Trinajstić information content (AvgIpc) is 3.22. The smallest absolute Gasteiger partial charge is 0.295 e. The van der Waals surface area contributed by atoms with E-state index in [2.05, 4.69) is 53.4 Å². The van der Waals surface area contributed by atoms with Crippen LogP contribution in [0.15, 0.2) is 22.3 Å². The van der Waals surface area contributed by atoms with Gasteiger partial charge in [0.15, 0.2) is 5.78 Å². The number of allylic oxidation sites excluding steroid dienone is 4. The molecule has 0 aliphatic heterocycles.